The Labute approximate surface area is 103 Å². The van der Waals surface area contributed by atoms with E-state index in [1.807, 2.05) is 13.2 Å². The van der Waals surface area contributed by atoms with E-state index in [2.05, 4.69) is 27.3 Å². The van der Waals surface area contributed by atoms with E-state index in [9.17, 15) is 0 Å². The van der Waals surface area contributed by atoms with Crippen LogP contribution in [0.2, 0.25) is 0 Å². The number of hydrogen-bond acceptors (Lipinski definition) is 4. The van der Waals surface area contributed by atoms with Crippen LogP contribution in [0.3, 0.4) is 0 Å². The van der Waals surface area contributed by atoms with Gasteiger partial charge in [-0.15, -0.1) is 0 Å². The summed E-state index contributed by atoms with van der Waals surface area (Å²) in [4.78, 5) is 6.72. The van der Waals surface area contributed by atoms with Gasteiger partial charge in [-0.1, -0.05) is 6.07 Å². The lowest BCUT2D eigenvalue weighted by Gasteiger charge is -2.38. The van der Waals surface area contributed by atoms with Crippen molar-refractivity contribution in [3.8, 4) is 0 Å². The minimum absolute atomic E-state index is 0.191. The maximum absolute atomic E-state index is 9.13. The lowest BCUT2D eigenvalue weighted by atomic mass is 9.91. The Balaban J connectivity index is 2.06. The molecule has 1 fully saturated rings. The Kier molecular flexibility index (Phi) is 4.34. The fourth-order valence-corrected chi connectivity index (χ4v) is 2.19. The molecule has 1 heterocycles. The highest BCUT2D eigenvalue weighted by Gasteiger charge is 2.25. The molecule has 0 aromatic carbocycles. The van der Waals surface area contributed by atoms with Crippen LogP contribution in [0.4, 0.5) is 5.82 Å². The number of aliphatic hydroxyl groups is 1. The minimum Gasteiger partial charge on any atom is -0.395 e. The average molecular weight is 235 g/mol. The van der Waals surface area contributed by atoms with E-state index in [4.69, 9.17) is 5.11 Å². The normalized spacial score (nSPS) is 15.6. The SMILES string of the molecule is CNCc1ccc(N(CCO)C2CCC2)nc1. The molecule has 0 aliphatic heterocycles. The van der Waals surface area contributed by atoms with E-state index in [0.29, 0.717) is 12.6 Å². The van der Waals surface area contributed by atoms with Crippen molar-refractivity contribution in [2.24, 2.45) is 0 Å². The van der Waals surface area contributed by atoms with Crippen LogP contribution in [0.5, 0.6) is 0 Å². The van der Waals surface area contributed by atoms with Gasteiger partial charge in [-0.25, -0.2) is 4.98 Å². The predicted molar refractivity (Wildman–Crippen MR) is 69.1 cm³/mol. The molecule has 0 amide bonds. The highest BCUT2D eigenvalue weighted by molar-refractivity contribution is 5.41. The van der Waals surface area contributed by atoms with Crippen molar-refractivity contribution in [2.75, 3.05) is 25.1 Å². The van der Waals surface area contributed by atoms with E-state index in [-0.39, 0.29) is 6.61 Å². The summed E-state index contributed by atoms with van der Waals surface area (Å²) in [7, 11) is 1.93. The first kappa shape index (κ1) is 12.3. The molecular weight excluding hydrogens is 214 g/mol. The van der Waals surface area contributed by atoms with Crippen LogP contribution in [-0.2, 0) is 6.54 Å². The van der Waals surface area contributed by atoms with Gasteiger partial charge in [0.15, 0.2) is 0 Å². The van der Waals surface area contributed by atoms with Crippen molar-refractivity contribution >= 4 is 5.82 Å². The Morgan fingerprint density at radius 1 is 1.47 bits per heavy atom. The van der Waals surface area contributed by atoms with E-state index < -0.39 is 0 Å². The third-order valence-corrected chi connectivity index (χ3v) is 3.34. The molecule has 17 heavy (non-hydrogen) atoms. The van der Waals surface area contributed by atoms with Gasteiger partial charge in [0, 0.05) is 25.3 Å². The van der Waals surface area contributed by atoms with Crippen molar-refractivity contribution < 1.29 is 5.11 Å². The lowest BCUT2D eigenvalue weighted by Crippen LogP contribution is -2.42. The molecule has 4 heteroatoms. The second kappa shape index (κ2) is 5.98. The molecule has 1 aromatic rings. The molecule has 1 aromatic heterocycles. The van der Waals surface area contributed by atoms with Crippen molar-refractivity contribution in [1.82, 2.24) is 10.3 Å². The molecule has 2 rings (SSSR count). The number of anilines is 1. The van der Waals surface area contributed by atoms with Gasteiger partial charge in [0.25, 0.3) is 0 Å². The van der Waals surface area contributed by atoms with E-state index in [0.717, 1.165) is 12.4 Å². The maximum Gasteiger partial charge on any atom is 0.128 e. The first-order chi connectivity index (χ1) is 8.35. The Hall–Kier alpha value is -1.13. The summed E-state index contributed by atoms with van der Waals surface area (Å²) in [5.41, 5.74) is 1.19. The molecule has 94 valence electrons. The van der Waals surface area contributed by atoms with Gasteiger partial charge in [0.2, 0.25) is 0 Å². The van der Waals surface area contributed by atoms with Gasteiger partial charge in [-0.05, 0) is 37.9 Å². The average Bonchev–Trinajstić information content (AvgIpc) is 2.28. The summed E-state index contributed by atoms with van der Waals surface area (Å²) in [5, 5.41) is 12.2. The first-order valence-corrected chi connectivity index (χ1v) is 6.32. The zero-order valence-corrected chi connectivity index (χ0v) is 10.4. The van der Waals surface area contributed by atoms with Gasteiger partial charge in [-0.3, -0.25) is 0 Å². The molecule has 1 saturated carbocycles. The highest BCUT2D eigenvalue weighted by Crippen LogP contribution is 2.28. The van der Waals surface area contributed by atoms with Crippen LogP contribution >= 0.6 is 0 Å². The second-order valence-corrected chi connectivity index (χ2v) is 4.56. The summed E-state index contributed by atoms with van der Waals surface area (Å²) in [5.74, 6) is 0.989. The fourth-order valence-electron chi connectivity index (χ4n) is 2.19. The van der Waals surface area contributed by atoms with Crippen molar-refractivity contribution in [3.63, 3.8) is 0 Å². The number of rotatable bonds is 6. The summed E-state index contributed by atoms with van der Waals surface area (Å²) in [6.07, 6.45) is 5.65. The van der Waals surface area contributed by atoms with Crippen LogP contribution < -0.4 is 10.2 Å². The van der Waals surface area contributed by atoms with Gasteiger partial charge >= 0.3 is 0 Å². The van der Waals surface area contributed by atoms with E-state index in [1.54, 1.807) is 0 Å². The Morgan fingerprint density at radius 2 is 2.29 bits per heavy atom. The highest BCUT2D eigenvalue weighted by atomic mass is 16.3. The number of pyridine rings is 1. The largest absolute Gasteiger partial charge is 0.395 e. The molecule has 0 bridgehead atoms. The molecule has 1 aliphatic carbocycles. The van der Waals surface area contributed by atoms with Crippen molar-refractivity contribution in [3.05, 3.63) is 23.9 Å². The molecule has 1 aliphatic rings. The topological polar surface area (TPSA) is 48.4 Å². The van der Waals surface area contributed by atoms with E-state index >= 15 is 0 Å². The summed E-state index contributed by atoms with van der Waals surface area (Å²) in [6.45, 7) is 1.72. The summed E-state index contributed by atoms with van der Waals surface area (Å²) < 4.78 is 0. The van der Waals surface area contributed by atoms with Gasteiger partial charge in [-0.2, -0.15) is 0 Å². The fraction of sp³-hybridized carbons (Fsp3) is 0.615. The maximum atomic E-state index is 9.13. The number of nitrogens with one attached hydrogen (secondary N) is 1. The quantitative estimate of drug-likeness (QED) is 0.776. The summed E-state index contributed by atoms with van der Waals surface area (Å²) in [6, 6.07) is 4.73. The van der Waals surface area contributed by atoms with Crippen LogP contribution in [0.1, 0.15) is 24.8 Å². The molecule has 4 nitrogen and oxygen atoms in total. The van der Waals surface area contributed by atoms with Gasteiger partial charge in [0.1, 0.15) is 5.82 Å². The molecule has 0 radical (unpaired) electrons. The number of hydrogen-bond donors (Lipinski definition) is 2. The monoisotopic (exact) mass is 235 g/mol. The number of nitrogens with zero attached hydrogens (tertiary/aromatic N) is 2. The second-order valence-electron chi connectivity index (χ2n) is 4.56. The Morgan fingerprint density at radius 3 is 2.76 bits per heavy atom. The van der Waals surface area contributed by atoms with E-state index in [1.165, 1.54) is 24.8 Å². The van der Waals surface area contributed by atoms with Crippen molar-refractivity contribution in [1.29, 1.82) is 0 Å². The minimum atomic E-state index is 0.191. The van der Waals surface area contributed by atoms with Crippen molar-refractivity contribution in [2.45, 2.75) is 31.8 Å². The van der Waals surface area contributed by atoms with Gasteiger partial charge in [0.05, 0.1) is 6.61 Å². The lowest BCUT2D eigenvalue weighted by molar-refractivity contribution is 0.283. The molecule has 0 spiro atoms. The van der Waals surface area contributed by atoms with Crippen LogP contribution in [0.15, 0.2) is 18.3 Å². The predicted octanol–water partition coefficient (Wildman–Crippen LogP) is 1.15. The molecule has 2 N–H and O–H groups in total. The number of aliphatic hydroxyl groups excluding tert-OH is 1. The third kappa shape index (κ3) is 2.96. The first-order valence-electron chi connectivity index (χ1n) is 6.32. The zero-order chi connectivity index (χ0) is 12.1. The van der Waals surface area contributed by atoms with Crippen LogP contribution in [0.25, 0.3) is 0 Å². The molecule has 0 unspecified atom stereocenters. The molecular formula is C13H21N3O. The number of aromatic nitrogens is 1. The smallest absolute Gasteiger partial charge is 0.128 e. The molecule has 0 saturated heterocycles. The third-order valence-electron chi connectivity index (χ3n) is 3.34. The van der Waals surface area contributed by atoms with Crippen LogP contribution in [-0.4, -0.2) is 36.3 Å². The van der Waals surface area contributed by atoms with Gasteiger partial charge < -0.3 is 15.3 Å². The molecule has 0 atom stereocenters. The standard InChI is InChI=1S/C13H21N3O/c1-14-9-11-5-6-13(15-10-11)16(7-8-17)12-3-2-4-12/h5-6,10,12,14,17H,2-4,7-9H2,1H3. The zero-order valence-electron chi connectivity index (χ0n) is 10.4. The summed E-state index contributed by atoms with van der Waals surface area (Å²) >= 11 is 0. The Bertz CT molecular complexity index is 335. The van der Waals surface area contributed by atoms with Crippen LogP contribution in [0, 0.1) is 0 Å².